The fraction of sp³-hybridized carbons (Fsp3) is 0.931. The van der Waals surface area contributed by atoms with Gasteiger partial charge in [-0.1, -0.05) is 79.4 Å². The second-order valence-corrected chi connectivity index (χ2v) is 13.6. The molecule has 4 rings (SSSR count). The lowest BCUT2D eigenvalue weighted by molar-refractivity contribution is -0.0961. The molecule has 4 aliphatic rings. The molecule has 3 saturated carbocycles. The van der Waals surface area contributed by atoms with E-state index in [4.69, 9.17) is 0 Å². The zero-order chi connectivity index (χ0) is 22.8. The van der Waals surface area contributed by atoms with Gasteiger partial charge in [0.05, 0.1) is 12.2 Å². The zero-order valence-electron chi connectivity index (χ0n) is 21.5. The summed E-state index contributed by atoms with van der Waals surface area (Å²) in [5.41, 5.74) is 1.91. The summed E-state index contributed by atoms with van der Waals surface area (Å²) < 4.78 is 0. The van der Waals surface area contributed by atoms with Gasteiger partial charge in [-0.05, 0) is 84.9 Å². The van der Waals surface area contributed by atoms with Gasteiger partial charge in [0.1, 0.15) is 0 Å². The highest BCUT2D eigenvalue weighted by Crippen LogP contribution is 2.68. The van der Waals surface area contributed by atoms with E-state index in [1.54, 1.807) is 0 Å². The number of aliphatic hydroxyl groups excluding tert-OH is 2. The first-order valence-electron chi connectivity index (χ1n) is 13.5. The third-order valence-electron chi connectivity index (χ3n) is 11.1. The van der Waals surface area contributed by atoms with Gasteiger partial charge in [-0.2, -0.15) is 0 Å². The Balaban J connectivity index is 1.58. The number of hydrogen-bond acceptors (Lipinski definition) is 2. The molecular formula is C29H50O2. The number of fused-ring (bicyclic) bond motifs is 5. The Bertz CT molecular complexity index is 693. The highest BCUT2D eigenvalue weighted by Gasteiger charge is 2.63. The summed E-state index contributed by atoms with van der Waals surface area (Å²) >= 11 is 0. The fourth-order valence-corrected chi connectivity index (χ4v) is 9.44. The van der Waals surface area contributed by atoms with Crippen molar-refractivity contribution in [3.63, 3.8) is 0 Å². The molecule has 3 fully saturated rings. The topological polar surface area (TPSA) is 40.5 Å². The fourth-order valence-electron chi connectivity index (χ4n) is 9.44. The molecule has 31 heavy (non-hydrogen) atoms. The van der Waals surface area contributed by atoms with Crippen molar-refractivity contribution in [1.82, 2.24) is 0 Å². The minimum Gasteiger partial charge on any atom is -0.393 e. The van der Waals surface area contributed by atoms with Crippen LogP contribution in [0.4, 0.5) is 0 Å². The number of allylic oxidation sites excluding steroid dienone is 1. The Hall–Kier alpha value is -0.340. The van der Waals surface area contributed by atoms with Crippen LogP contribution in [0.1, 0.15) is 106 Å². The van der Waals surface area contributed by atoms with E-state index in [-0.39, 0.29) is 23.0 Å². The predicted molar refractivity (Wildman–Crippen MR) is 130 cm³/mol. The standard InChI is InChI=1S/C29H50O2/c1-18(2)9-8-10-19(3)22-17-23(30)26-20-11-12-24-27(4,5)25(31)14-16-28(24,6)21(20)13-15-29(22,26)7/h12,18-23,25-26,30-31H,8-11,13-17H2,1-7H3/t19-,20-,21+,22-,23+,25-,26-,28-,29-/m1/s1. The molecule has 0 unspecified atom stereocenters. The molecule has 0 heterocycles. The van der Waals surface area contributed by atoms with Gasteiger partial charge in [-0.25, -0.2) is 0 Å². The van der Waals surface area contributed by atoms with E-state index in [1.807, 2.05) is 0 Å². The molecule has 2 nitrogen and oxygen atoms in total. The number of aliphatic hydroxyl groups is 2. The summed E-state index contributed by atoms with van der Waals surface area (Å²) in [4.78, 5) is 0. The first kappa shape index (κ1) is 23.8. The molecule has 0 aliphatic heterocycles. The minimum absolute atomic E-state index is 0.111. The maximum Gasteiger partial charge on any atom is 0.0628 e. The van der Waals surface area contributed by atoms with Gasteiger partial charge in [-0.15, -0.1) is 0 Å². The summed E-state index contributed by atoms with van der Waals surface area (Å²) in [5.74, 6) is 3.91. The van der Waals surface area contributed by atoms with E-state index in [1.165, 1.54) is 37.7 Å². The minimum atomic E-state index is -0.217. The maximum absolute atomic E-state index is 11.4. The molecule has 0 aromatic rings. The van der Waals surface area contributed by atoms with Gasteiger partial charge in [0.15, 0.2) is 0 Å². The second-order valence-electron chi connectivity index (χ2n) is 13.6. The molecule has 0 spiro atoms. The van der Waals surface area contributed by atoms with E-state index in [0.29, 0.717) is 35.0 Å². The summed E-state index contributed by atoms with van der Waals surface area (Å²) in [6, 6.07) is 0. The molecular weight excluding hydrogens is 380 g/mol. The van der Waals surface area contributed by atoms with Gasteiger partial charge < -0.3 is 10.2 Å². The van der Waals surface area contributed by atoms with Crippen LogP contribution in [0.25, 0.3) is 0 Å². The van der Waals surface area contributed by atoms with Crippen LogP contribution in [0.2, 0.25) is 0 Å². The quantitative estimate of drug-likeness (QED) is 0.461. The van der Waals surface area contributed by atoms with Crippen LogP contribution < -0.4 is 0 Å². The van der Waals surface area contributed by atoms with Crippen molar-refractivity contribution in [3.05, 3.63) is 11.6 Å². The molecule has 0 aromatic heterocycles. The average Bonchev–Trinajstić information content (AvgIpc) is 2.96. The third-order valence-corrected chi connectivity index (χ3v) is 11.1. The van der Waals surface area contributed by atoms with Crippen LogP contribution in [-0.4, -0.2) is 22.4 Å². The number of hydrogen-bond donors (Lipinski definition) is 2. The van der Waals surface area contributed by atoms with Crippen LogP contribution in [0.3, 0.4) is 0 Å². The van der Waals surface area contributed by atoms with Crippen LogP contribution in [0.15, 0.2) is 11.6 Å². The molecule has 0 bridgehead atoms. The Labute approximate surface area is 192 Å². The van der Waals surface area contributed by atoms with E-state index >= 15 is 0 Å². The normalized spacial score (nSPS) is 47.4. The molecule has 0 radical (unpaired) electrons. The molecule has 4 aliphatic carbocycles. The molecule has 9 atom stereocenters. The highest BCUT2D eigenvalue weighted by molar-refractivity contribution is 5.31. The lowest BCUT2D eigenvalue weighted by atomic mass is 9.44. The van der Waals surface area contributed by atoms with Gasteiger partial charge in [0.2, 0.25) is 0 Å². The van der Waals surface area contributed by atoms with Gasteiger partial charge in [0.25, 0.3) is 0 Å². The Morgan fingerprint density at radius 2 is 1.71 bits per heavy atom. The van der Waals surface area contributed by atoms with E-state index in [9.17, 15) is 10.2 Å². The smallest absolute Gasteiger partial charge is 0.0628 e. The van der Waals surface area contributed by atoms with E-state index in [2.05, 4.69) is 54.5 Å². The zero-order valence-corrected chi connectivity index (χ0v) is 21.5. The van der Waals surface area contributed by atoms with Crippen LogP contribution in [-0.2, 0) is 0 Å². The molecule has 2 heteroatoms. The van der Waals surface area contributed by atoms with Crippen molar-refractivity contribution >= 4 is 0 Å². The largest absolute Gasteiger partial charge is 0.393 e. The molecule has 178 valence electrons. The maximum atomic E-state index is 11.4. The summed E-state index contributed by atoms with van der Waals surface area (Å²) in [5, 5.41) is 22.2. The molecule has 0 saturated heterocycles. The Morgan fingerprint density at radius 3 is 2.39 bits per heavy atom. The van der Waals surface area contributed by atoms with Gasteiger partial charge >= 0.3 is 0 Å². The van der Waals surface area contributed by atoms with E-state index in [0.717, 1.165) is 31.6 Å². The summed E-state index contributed by atoms with van der Waals surface area (Å²) in [6.07, 6.45) is 12.9. The average molecular weight is 431 g/mol. The first-order valence-corrected chi connectivity index (χ1v) is 13.5. The first-order chi connectivity index (χ1) is 14.4. The van der Waals surface area contributed by atoms with Crippen LogP contribution in [0, 0.1) is 51.8 Å². The van der Waals surface area contributed by atoms with Crippen molar-refractivity contribution in [2.45, 2.75) is 118 Å². The van der Waals surface area contributed by atoms with Crippen molar-refractivity contribution < 1.29 is 10.2 Å². The van der Waals surface area contributed by atoms with Crippen molar-refractivity contribution in [1.29, 1.82) is 0 Å². The molecule has 0 aromatic carbocycles. The Morgan fingerprint density at radius 1 is 1.00 bits per heavy atom. The summed E-state index contributed by atoms with van der Waals surface area (Å²) in [6.45, 7) is 16.7. The van der Waals surface area contributed by atoms with Crippen molar-refractivity contribution in [2.24, 2.45) is 51.8 Å². The molecule has 0 amide bonds. The Kier molecular flexibility index (Phi) is 6.26. The highest BCUT2D eigenvalue weighted by atomic mass is 16.3. The second kappa shape index (κ2) is 8.15. The van der Waals surface area contributed by atoms with E-state index < -0.39 is 0 Å². The van der Waals surface area contributed by atoms with Crippen LogP contribution >= 0.6 is 0 Å². The summed E-state index contributed by atoms with van der Waals surface area (Å²) in [7, 11) is 0. The van der Waals surface area contributed by atoms with Gasteiger partial charge in [-0.3, -0.25) is 0 Å². The molecule has 2 N–H and O–H groups in total. The SMILES string of the molecule is CC(C)CCC[C@@H](C)[C@H]1C[C@H](O)[C@H]2[C@@H]3CC=C4C(C)(C)[C@H](O)CC[C@]4(C)[C@H]3CC[C@@]21C. The number of rotatable bonds is 5. The van der Waals surface area contributed by atoms with Crippen molar-refractivity contribution in [2.75, 3.05) is 0 Å². The van der Waals surface area contributed by atoms with Crippen LogP contribution in [0.5, 0.6) is 0 Å². The van der Waals surface area contributed by atoms with Crippen molar-refractivity contribution in [3.8, 4) is 0 Å². The monoisotopic (exact) mass is 430 g/mol. The lowest BCUT2D eigenvalue weighted by Crippen LogP contribution is -2.55. The van der Waals surface area contributed by atoms with Gasteiger partial charge in [0, 0.05) is 5.41 Å². The predicted octanol–water partition coefficient (Wildman–Crippen LogP) is 7.00. The lowest BCUT2D eigenvalue weighted by Gasteiger charge is -2.61. The third kappa shape index (κ3) is 3.67.